The molecule has 1 aliphatic heterocycles. The zero-order valence-electron chi connectivity index (χ0n) is 19.2. The Balaban J connectivity index is 1.62. The Hall–Kier alpha value is -2.99. The van der Waals surface area contributed by atoms with Gasteiger partial charge in [0.2, 0.25) is 0 Å². The zero-order chi connectivity index (χ0) is 24.9. The third kappa shape index (κ3) is 6.22. The summed E-state index contributed by atoms with van der Waals surface area (Å²) >= 11 is 0. The van der Waals surface area contributed by atoms with Crippen LogP contribution in [0.1, 0.15) is 0 Å². The molecule has 0 saturated carbocycles. The molecule has 188 valence electrons. The number of nitrogens with one attached hydrogen (secondary N) is 2. The van der Waals surface area contributed by atoms with Gasteiger partial charge >= 0.3 is 211 Å². The number of hydrogen-bond donors (Lipinski definition) is 4. The monoisotopic (exact) mass is 543 g/mol. The van der Waals surface area contributed by atoms with E-state index in [1.807, 2.05) is 121 Å². The summed E-state index contributed by atoms with van der Waals surface area (Å²) in [6, 6.07) is 37.1. The van der Waals surface area contributed by atoms with Crippen molar-refractivity contribution in [1.82, 2.24) is 9.72 Å². The maximum atomic E-state index is 6.56. The fourth-order valence-electron chi connectivity index (χ4n) is 3.58. The molecule has 6 N–H and O–H groups in total. The maximum absolute atomic E-state index is 6.56. The molecule has 0 bridgehead atoms. The minimum absolute atomic E-state index is 0.542. The van der Waals surface area contributed by atoms with E-state index in [-0.39, 0.29) is 0 Å². The molecule has 4 aromatic carbocycles. The quantitative estimate of drug-likeness (QED) is 0.194. The number of nitrogens with two attached hydrogens (primary N) is 2. The van der Waals surface area contributed by atoms with Crippen LogP contribution in [0.4, 0.5) is 0 Å². The Morgan fingerprint density at radius 2 is 0.861 bits per heavy atom. The molecule has 0 radical (unpaired) electrons. The molecular formula is C24H28N5O4P3. The third-order valence-corrected chi connectivity index (χ3v) is 14.6. The molecule has 5 rings (SSSR count). The van der Waals surface area contributed by atoms with Gasteiger partial charge in [0.1, 0.15) is 0 Å². The van der Waals surface area contributed by atoms with Crippen LogP contribution in [-0.2, 0) is 0 Å². The molecule has 12 heteroatoms. The first kappa shape index (κ1) is 24.7. The van der Waals surface area contributed by atoms with Gasteiger partial charge in [0, 0.05) is 0 Å². The molecule has 0 atom stereocenters. The van der Waals surface area contributed by atoms with Gasteiger partial charge in [-0.25, -0.2) is 0 Å². The first-order chi connectivity index (χ1) is 17.4. The van der Waals surface area contributed by atoms with Crippen molar-refractivity contribution in [3.8, 4) is 23.0 Å². The van der Waals surface area contributed by atoms with E-state index in [0.717, 1.165) is 0 Å². The van der Waals surface area contributed by atoms with Crippen LogP contribution in [0.3, 0.4) is 0 Å². The molecule has 0 amide bonds. The van der Waals surface area contributed by atoms with Crippen LogP contribution in [0.15, 0.2) is 126 Å². The number of para-hydroxylation sites is 4. The molecule has 1 heterocycles. The van der Waals surface area contributed by atoms with Crippen molar-refractivity contribution in [2.75, 3.05) is 0 Å². The van der Waals surface area contributed by atoms with Crippen LogP contribution in [0.25, 0.3) is 0 Å². The van der Waals surface area contributed by atoms with E-state index in [0.29, 0.717) is 23.0 Å². The average Bonchev–Trinajstić information content (AvgIpc) is 2.85. The second kappa shape index (κ2) is 10.6. The van der Waals surface area contributed by atoms with Crippen LogP contribution in [0.2, 0.25) is 0 Å². The van der Waals surface area contributed by atoms with E-state index in [1.54, 1.807) is 0 Å². The Kier molecular flexibility index (Phi) is 7.24. The number of nitrogens with zero attached hydrogens (tertiary/aromatic N) is 1. The zero-order valence-corrected chi connectivity index (χ0v) is 22.1. The Labute approximate surface area is 211 Å². The van der Waals surface area contributed by atoms with Crippen LogP contribution in [0, 0.1) is 0 Å². The molecule has 0 unspecified atom stereocenters. The summed E-state index contributed by atoms with van der Waals surface area (Å²) in [5.41, 5.74) is 13.1. The summed E-state index contributed by atoms with van der Waals surface area (Å²) in [6.45, 7) is 0. The van der Waals surface area contributed by atoms with Gasteiger partial charge in [0.05, 0.1) is 0 Å². The van der Waals surface area contributed by atoms with Crippen molar-refractivity contribution in [2.45, 2.75) is 0 Å². The molecule has 9 nitrogen and oxygen atoms in total. The number of hydrogen-bond acceptors (Lipinski definition) is 9. The number of rotatable bonds is 8. The summed E-state index contributed by atoms with van der Waals surface area (Å²) in [7, 11) is -10.7. The molecule has 0 saturated heterocycles. The van der Waals surface area contributed by atoms with Gasteiger partial charge in [-0.1, -0.05) is 0 Å². The Morgan fingerprint density at radius 3 is 1.22 bits per heavy atom. The molecule has 0 aliphatic carbocycles. The SMILES string of the molecule is NP1(N)=N[PH](Oc2ccccc2)(Oc2ccccc2)N[PH](Oc2ccccc2)(Oc2ccccc2)N1. The molecular weight excluding hydrogens is 515 g/mol. The summed E-state index contributed by atoms with van der Waals surface area (Å²) in [5, 5.41) is 0. The van der Waals surface area contributed by atoms with Crippen molar-refractivity contribution >= 4 is 23.5 Å². The second-order valence-electron chi connectivity index (χ2n) is 7.93. The van der Waals surface area contributed by atoms with E-state index < -0.39 is 23.5 Å². The van der Waals surface area contributed by atoms with E-state index >= 15 is 0 Å². The van der Waals surface area contributed by atoms with Crippen molar-refractivity contribution < 1.29 is 18.1 Å². The standard InChI is InChI=1S/C24H28N5O4P3/c25-34(26)27-35(30-21-13-5-1-6-14-21,31-22-15-7-2-8-16-22)29-36(28-34,32-23-17-9-3-10-18-23)33-24-19-11-4-12-20-24/h1-20,27,29,35-36H,25-26H2. The van der Waals surface area contributed by atoms with Gasteiger partial charge in [-0.05, 0) is 0 Å². The normalized spacial score (nSPS) is 19.1. The molecule has 1 aliphatic rings. The van der Waals surface area contributed by atoms with Gasteiger partial charge in [0.15, 0.2) is 0 Å². The summed E-state index contributed by atoms with van der Waals surface area (Å²) in [4.78, 5) is 6.60. The Bertz CT molecular complexity index is 1250. The molecule has 36 heavy (non-hydrogen) atoms. The first-order valence-electron chi connectivity index (χ1n) is 11.2. The summed E-state index contributed by atoms with van der Waals surface area (Å²) < 4.78 is 30.6. The second-order valence-corrected chi connectivity index (χ2v) is 15.3. The number of benzene rings is 4. The van der Waals surface area contributed by atoms with Crippen molar-refractivity contribution in [3.05, 3.63) is 121 Å². The van der Waals surface area contributed by atoms with Gasteiger partial charge in [0.25, 0.3) is 0 Å². The average molecular weight is 543 g/mol. The van der Waals surface area contributed by atoms with Crippen LogP contribution in [-0.4, -0.2) is 0 Å². The van der Waals surface area contributed by atoms with E-state index in [4.69, 9.17) is 33.6 Å². The fourth-order valence-corrected chi connectivity index (χ4v) is 14.3. The summed E-state index contributed by atoms with van der Waals surface area (Å²) in [6.07, 6.45) is 0. The van der Waals surface area contributed by atoms with E-state index in [2.05, 4.69) is 9.72 Å². The molecule has 0 spiro atoms. The topological polar surface area (TPSA) is 125 Å². The fraction of sp³-hybridized carbons (Fsp3) is 0. The Morgan fingerprint density at radius 1 is 0.528 bits per heavy atom. The summed E-state index contributed by atoms with van der Waals surface area (Å²) in [5.74, 6) is 2.20. The van der Waals surface area contributed by atoms with Crippen molar-refractivity contribution in [3.63, 3.8) is 0 Å². The van der Waals surface area contributed by atoms with Crippen molar-refractivity contribution in [2.24, 2.45) is 15.5 Å². The third-order valence-electron chi connectivity index (χ3n) is 4.95. The first-order valence-corrected chi connectivity index (χ1v) is 16.6. The van der Waals surface area contributed by atoms with Crippen molar-refractivity contribution in [1.29, 1.82) is 0 Å². The predicted octanol–water partition coefficient (Wildman–Crippen LogP) is 6.18. The van der Waals surface area contributed by atoms with Crippen LogP contribution < -0.4 is 38.8 Å². The molecule has 0 fully saturated rings. The van der Waals surface area contributed by atoms with E-state index in [1.165, 1.54) is 0 Å². The van der Waals surface area contributed by atoms with Crippen LogP contribution in [0.5, 0.6) is 23.0 Å². The molecule has 0 aromatic heterocycles. The van der Waals surface area contributed by atoms with Gasteiger partial charge in [-0.3, -0.25) is 0 Å². The van der Waals surface area contributed by atoms with Gasteiger partial charge in [-0.15, -0.1) is 0 Å². The van der Waals surface area contributed by atoms with Gasteiger partial charge < -0.3 is 0 Å². The predicted molar refractivity (Wildman–Crippen MR) is 149 cm³/mol. The van der Waals surface area contributed by atoms with Crippen LogP contribution >= 0.6 is 23.5 Å². The molecule has 4 aromatic rings. The van der Waals surface area contributed by atoms with E-state index in [9.17, 15) is 0 Å². The minimum atomic E-state index is -3.82. The van der Waals surface area contributed by atoms with Gasteiger partial charge in [-0.2, -0.15) is 0 Å².